The molecule has 2 rings (SSSR count). The van der Waals surface area contributed by atoms with Crippen molar-refractivity contribution in [1.29, 1.82) is 0 Å². The summed E-state index contributed by atoms with van der Waals surface area (Å²) in [6.45, 7) is 4.31. The van der Waals surface area contributed by atoms with Crippen LogP contribution < -0.4 is 5.32 Å². The molecule has 1 heterocycles. The van der Waals surface area contributed by atoms with Crippen molar-refractivity contribution in [3.63, 3.8) is 0 Å². The molecule has 0 radical (unpaired) electrons. The quantitative estimate of drug-likeness (QED) is 0.872. The Kier molecular flexibility index (Phi) is 3.47. The van der Waals surface area contributed by atoms with Crippen LogP contribution in [0.1, 0.15) is 31.0 Å². The van der Waals surface area contributed by atoms with Crippen molar-refractivity contribution in [1.82, 2.24) is 9.78 Å². The minimum absolute atomic E-state index is 0.274. The van der Waals surface area contributed by atoms with Gasteiger partial charge in [0.2, 0.25) is 0 Å². The normalized spacial score (nSPS) is 12.4. The molecule has 0 saturated carbocycles. The molecule has 0 saturated heterocycles. The van der Waals surface area contributed by atoms with Crippen LogP contribution in [0.4, 0.5) is 5.69 Å². The SMILES string of the molecule is CCc1ccc(NC(C)c2cnn(C)c2)cc1. The predicted molar refractivity (Wildman–Crippen MR) is 71.1 cm³/mol. The van der Waals surface area contributed by atoms with Crippen molar-refractivity contribution >= 4 is 5.69 Å². The van der Waals surface area contributed by atoms with Gasteiger partial charge in [-0.25, -0.2) is 0 Å². The Hall–Kier alpha value is -1.77. The van der Waals surface area contributed by atoms with Gasteiger partial charge in [0.05, 0.1) is 12.2 Å². The average Bonchev–Trinajstić information content (AvgIpc) is 2.77. The van der Waals surface area contributed by atoms with E-state index in [1.807, 2.05) is 24.1 Å². The highest BCUT2D eigenvalue weighted by atomic mass is 15.2. The molecule has 1 unspecified atom stereocenters. The van der Waals surface area contributed by atoms with Crippen molar-refractivity contribution in [3.8, 4) is 0 Å². The molecule has 2 aromatic rings. The number of nitrogens with zero attached hydrogens (tertiary/aromatic N) is 2. The van der Waals surface area contributed by atoms with Crippen molar-refractivity contribution in [2.45, 2.75) is 26.3 Å². The summed E-state index contributed by atoms with van der Waals surface area (Å²) in [7, 11) is 1.94. The Morgan fingerprint density at radius 2 is 2.00 bits per heavy atom. The molecular formula is C14H19N3. The third kappa shape index (κ3) is 2.87. The largest absolute Gasteiger partial charge is 0.378 e. The summed E-state index contributed by atoms with van der Waals surface area (Å²) in [5, 5.41) is 7.65. The molecule has 0 aliphatic carbocycles. The van der Waals surface area contributed by atoms with Crippen molar-refractivity contribution in [3.05, 3.63) is 47.8 Å². The zero-order valence-corrected chi connectivity index (χ0v) is 10.6. The van der Waals surface area contributed by atoms with Crippen LogP contribution in [-0.4, -0.2) is 9.78 Å². The molecule has 3 nitrogen and oxygen atoms in total. The van der Waals surface area contributed by atoms with E-state index < -0.39 is 0 Å². The van der Waals surface area contributed by atoms with Crippen LogP contribution in [0.5, 0.6) is 0 Å². The first-order valence-electron chi connectivity index (χ1n) is 6.03. The summed E-state index contributed by atoms with van der Waals surface area (Å²) >= 11 is 0. The molecule has 0 aliphatic heterocycles. The summed E-state index contributed by atoms with van der Waals surface area (Å²) in [6, 6.07) is 8.87. The molecule has 0 aliphatic rings. The number of anilines is 1. The summed E-state index contributed by atoms with van der Waals surface area (Å²) in [6.07, 6.45) is 5.02. The van der Waals surface area contributed by atoms with Crippen LogP contribution in [0.25, 0.3) is 0 Å². The minimum atomic E-state index is 0.274. The zero-order chi connectivity index (χ0) is 12.3. The second-order valence-corrected chi connectivity index (χ2v) is 4.36. The van der Waals surface area contributed by atoms with Crippen molar-refractivity contribution in [2.75, 3.05) is 5.32 Å². The van der Waals surface area contributed by atoms with E-state index in [2.05, 4.69) is 48.5 Å². The van der Waals surface area contributed by atoms with E-state index in [1.165, 1.54) is 11.1 Å². The van der Waals surface area contributed by atoms with E-state index in [-0.39, 0.29) is 6.04 Å². The molecule has 90 valence electrons. The molecule has 0 spiro atoms. The fourth-order valence-electron chi connectivity index (χ4n) is 1.83. The molecule has 17 heavy (non-hydrogen) atoms. The molecule has 0 amide bonds. The maximum atomic E-state index is 4.18. The van der Waals surface area contributed by atoms with E-state index in [4.69, 9.17) is 0 Å². The number of rotatable bonds is 4. The molecule has 1 atom stereocenters. The predicted octanol–water partition coefficient (Wildman–Crippen LogP) is 3.16. The fourth-order valence-corrected chi connectivity index (χ4v) is 1.83. The monoisotopic (exact) mass is 229 g/mol. The summed E-state index contributed by atoms with van der Waals surface area (Å²) in [5.41, 5.74) is 3.72. The van der Waals surface area contributed by atoms with E-state index in [0.29, 0.717) is 0 Å². The van der Waals surface area contributed by atoms with Crippen LogP contribution in [0.3, 0.4) is 0 Å². The third-order valence-corrected chi connectivity index (χ3v) is 2.97. The molecule has 1 N–H and O–H groups in total. The standard InChI is InChI=1S/C14H19N3/c1-4-12-5-7-14(8-6-12)16-11(2)13-9-15-17(3)10-13/h5-11,16H,4H2,1-3H3. The van der Waals surface area contributed by atoms with Gasteiger partial charge in [0.25, 0.3) is 0 Å². The molecule has 1 aromatic heterocycles. The first kappa shape index (κ1) is 11.7. The highest BCUT2D eigenvalue weighted by molar-refractivity contribution is 5.46. The first-order valence-corrected chi connectivity index (χ1v) is 6.03. The first-order chi connectivity index (χ1) is 8.19. The van der Waals surface area contributed by atoms with Gasteiger partial charge in [0.1, 0.15) is 0 Å². The number of hydrogen-bond acceptors (Lipinski definition) is 2. The number of nitrogens with one attached hydrogen (secondary N) is 1. The van der Waals surface area contributed by atoms with Gasteiger partial charge in [-0.15, -0.1) is 0 Å². The lowest BCUT2D eigenvalue weighted by atomic mass is 10.1. The lowest BCUT2D eigenvalue weighted by Gasteiger charge is -2.13. The Bertz CT molecular complexity index is 470. The summed E-state index contributed by atoms with van der Waals surface area (Å²) in [5.74, 6) is 0. The van der Waals surface area contributed by atoms with Crippen LogP contribution in [0.2, 0.25) is 0 Å². The van der Waals surface area contributed by atoms with E-state index in [1.54, 1.807) is 0 Å². The molecule has 0 bridgehead atoms. The van der Waals surface area contributed by atoms with Crippen LogP contribution >= 0.6 is 0 Å². The zero-order valence-electron chi connectivity index (χ0n) is 10.6. The lowest BCUT2D eigenvalue weighted by molar-refractivity contribution is 0.765. The molecule has 0 fully saturated rings. The Balaban J connectivity index is 2.04. The van der Waals surface area contributed by atoms with Gasteiger partial charge in [0.15, 0.2) is 0 Å². The Morgan fingerprint density at radius 1 is 1.29 bits per heavy atom. The lowest BCUT2D eigenvalue weighted by Crippen LogP contribution is -2.05. The van der Waals surface area contributed by atoms with E-state index in [9.17, 15) is 0 Å². The van der Waals surface area contributed by atoms with Crippen molar-refractivity contribution < 1.29 is 0 Å². The van der Waals surface area contributed by atoms with Gasteiger partial charge in [-0.1, -0.05) is 19.1 Å². The average molecular weight is 229 g/mol. The third-order valence-electron chi connectivity index (χ3n) is 2.97. The van der Waals surface area contributed by atoms with Gasteiger partial charge in [-0.05, 0) is 31.0 Å². The van der Waals surface area contributed by atoms with Gasteiger partial charge < -0.3 is 5.32 Å². The van der Waals surface area contributed by atoms with Crippen LogP contribution in [-0.2, 0) is 13.5 Å². The maximum absolute atomic E-state index is 4.18. The number of aromatic nitrogens is 2. The van der Waals surface area contributed by atoms with E-state index in [0.717, 1.165) is 12.1 Å². The molecule has 1 aromatic carbocycles. The Morgan fingerprint density at radius 3 is 2.53 bits per heavy atom. The van der Waals surface area contributed by atoms with Gasteiger partial charge in [-0.3, -0.25) is 4.68 Å². The summed E-state index contributed by atoms with van der Waals surface area (Å²) in [4.78, 5) is 0. The number of aryl methyl sites for hydroxylation is 2. The molecule has 3 heteroatoms. The molecular weight excluding hydrogens is 210 g/mol. The smallest absolute Gasteiger partial charge is 0.0542 e. The van der Waals surface area contributed by atoms with E-state index >= 15 is 0 Å². The van der Waals surface area contributed by atoms with Gasteiger partial charge in [0, 0.05) is 24.5 Å². The minimum Gasteiger partial charge on any atom is -0.378 e. The Labute approximate surface area is 102 Å². The second-order valence-electron chi connectivity index (χ2n) is 4.36. The number of benzene rings is 1. The van der Waals surface area contributed by atoms with Crippen LogP contribution in [0.15, 0.2) is 36.7 Å². The number of hydrogen-bond donors (Lipinski definition) is 1. The van der Waals surface area contributed by atoms with Gasteiger partial charge in [-0.2, -0.15) is 5.10 Å². The highest BCUT2D eigenvalue weighted by Crippen LogP contribution is 2.18. The van der Waals surface area contributed by atoms with Gasteiger partial charge >= 0.3 is 0 Å². The van der Waals surface area contributed by atoms with Crippen LogP contribution in [0, 0.1) is 0 Å². The second kappa shape index (κ2) is 5.04. The summed E-state index contributed by atoms with van der Waals surface area (Å²) < 4.78 is 1.83. The topological polar surface area (TPSA) is 29.9 Å². The van der Waals surface area contributed by atoms with Crippen molar-refractivity contribution in [2.24, 2.45) is 7.05 Å². The highest BCUT2D eigenvalue weighted by Gasteiger charge is 2.06. The maximum Gasteiger partial charge on any atom is 0.0542 e. The fraction of sp³-hybridized carbons (Fsp3) is 0.357.